The molecule has 1 aromatic heterocycles. The van der Waals surface area contributed by atoms with Crippen molar-refractivity contribution < 1.29 is 4.79 Å². The maximum atomic E-state index is 12.4. The summed E-state index contributed by atoms with van der Waals surface area (Å²) in [4.78, 5) is 22.9. The van der Waals surface area contributed by atoms with Crippen LogP contribution in [0.3, 0.4) is 0 Å². The molecule has 0 unspecified atom stereocenters. The zero-order chi connectivity index (χ0) is 16.4. The Morgan fingerprint density at radius 3 is 2.87 bits per heavy atom. The van der Waals surface area contributed by atoms with Crippen molar-refractivity contribution in [3.63, 3.8) is 0 Å². The van der Waals surface area contributed by atoms with E-state index in [4.69, 9.17) is 17.3 Å². The van der Waals surface area contributed by atoms with E-state index >= 15 is 0 Å². The lowest BCUT2D eigenvalue weighted by atomic mass is 10.2. The summed E-state index contributed by atoms with van der Waals surface area (Å²) >= 11 is 7.76. The van der Waals surface area contributed by atoms with Crippen molar-refractivity contribution >= 4 is 40.9 Å². The van der Waals surface area contributed by atoms with Gasteiger partial charge in [0.15, 0.2) is 5.16 Å². The van der Waals surface area contributed by atoms with Crippen LogP contribution in [-0.2, 0) is 17.8 Å². The molecule has 0 spiro atoms. The number of nitrogens with zero attached hydrogens (tertiary/aromatic N) is 3. The number of hydrogen-bond donors (Lipinski definition) is 1. The Labute approximate surface area is 144 Å². The molecule has 0 aliphatic carbocycles. The summed E-state index contributed by atoms with van der Waals surface area (Å²) in [7, 11) is 0. The fourth-order valence-corrected chi connectivity index (χ4v) is 3.34. The van der Waals surface area contributed by atoms with Crippen molar-refractivity contribution in [1.29, 1.82) is 0 Å². The minimum absolute atomic E-state index is 0.0291. The van der Waals surface area contributed by atoms with Crippen LogP contribution >= 0.6 is 23.4 Å². The number of nitrogen functional groups attached to an aromatic ring is 1. The van der Waals surface area contributed by atoms with E-state index < -0.39 is 0 Å². The summed E-state index contributed by atoms with van der Waals surface area (Å²) in [6.45, 7) is 2.48. The minimum atomic E-state index is -0.0291. The minimum Gasteiger partial charge on any atom is -0.383 e. The van der Waals surface area contributed by atoms with Crippen LogP contribution in [0.1, 0.15) is 24.5 Å². The lowest BCUT2D eigenvalue weighted by Crippen LogP contribution is -2.26. The zero-order valence-electron chi connectivity index (χ0n) is 12.8. The van der Waals surface area contributed by atoms with Crippen LogP contribution in [0.5, 0.6) is 0 Å². The fraction of sp³-hybridized carbons (Fsp3) is 0.312. The normalized spacial score (nSPS) is 13.5. The highest BCUT2D eigenvalue weighted by Gasteiger charge is 2.32. The molecule has 120 valence electrons. The molecule has 2 heterocycles. The Balaban J connectivity index is 1.94. The van der Waals surface area contributed by atoms with Gasteiger partial charge in [-0.2, -0.15) is 0 Å². The number of carbonyl (C=O) groups is 1. The van der Waals surface area contributed by atoms with Crippen LogP contribution in [-0.4, -0.2) is 21.6 Å². The molecule has 1 amide bonds. The maximum absolute atomic E-state index is 12.4. The average molecular weight is 349 g/mol. The van der Waals surface area contributed by atoms with E-state index in [1.165, 1.54) is 0 Å². The van der Waals surface area contributed by atoms with Gasteiger partial charge in [0.1, 0.15) is 11.6 Å². The predicted octanol–water partition coefficient (Wildman–Crippen LogP) is 3.30. The highest BCUT2D eigenvalue weighted by atomic mass is 35.5. The third-order valence-corrected chi connectivity index (χ3v) is 5.02. The molecular weight excluding hydrogens is 332 g/mol. The molecule has 0 fully saturated rings. The first kappa shape index (κ1) is 16.1. The standard InChI is InChI=1S/C16H17ClN4OS/c1-2-7-23-16-19-14(18)11-8-13(22)21(15(11)20-16)9-10-5-3-4-6-12(10)17/h3-6H,2,7-9H2,1H3,(H2,18,19,20). The number of aromatic nitrogens is 2. The van der Waals surface area contributed by atoms with Gasteiger partial charge in [-0.1, -0.05) is 48.5 Å². The van der Waals surface area contributed by atoms with Crippen molar-refractivity contribution in [2.45, 2.75) is 31.5 Å². The molecule has 1 aromatic carbocycles. The van der Waals surface area contributed by atoms with Crippen LogP contribution in [0.4, 0.5) is 11.6 Å². The molecule has 2 N–H and O–H groups in total. The smallest absolute Gasteiger partial charge is 0.233 e. The predicted molar refractivity (Wildman–Crippen MR) is 93.8 cm³/mol. The van der Waals surface area contributed by atoms with Gasteiger partial charge in [0, 0.05) is 16.3 Å². The molecule has 2 aromatic rings. The molecule has 5 nitrogen and oxygen atoms in total. The second-order valence-corrected chi connectivity index (χ2v) is 6.76. The number of thioether (sulfide) groups is 1. The van der Waals surface area contributed by atoms with Gasteiger partial charge < -0.3 is 5.73 Å². The van der Waals surface area contributed by atoms with E-state index in [0.717, 1.165) is 17.7 Å². The first-order valence-corrected chi connectivity index (χ1v) is 8.79. The van der Waals surface area contributed by atoms with Crippen molar-refractivity contribution in [2.75, 3.05) is 16.4 Å². The van der Waals surface area contributed by atoms with Gasteiger partial charge in [0.25, 0.3) is 0 Å². The number of halogens is 1. The molecular formula is C16H17ClN4OS. The average Bonchev–Trinajstić information content (AvgIpc) is 2.84. The first-order chi connectivity index (χ1) is 11.1. The Morgan fingerprint density at radius 2 is 2.13 bits per heavy atom. The second kappa shape index (κ2) is 6.76. The third-order valence-electron chi connectivity index (χ3n) is 3.60. The number of hydrogen-bond acceptors (Lipinski definition) is 5. The summed E-state index contributed by atoms with van der Waals surface area (Å²) in [5.41, 5.74) is 7.62. The molecule has 3 rings (SSSR count). The van der Waals surface area contributed by atoms with Gasteiger partial charge in [0.05, 0.1) is 13.0 Å². The van der Waals surface area contributed by atoms with E-state index in [0.29, 0.717) is 33.9 Å². The van der Waals surface area contributed by atoms with Crippen molar-refractivity contribution in [1.82, 2.24) is 9.97 Å². The Morgan fingerprint density at radius 1 is 1.35 bits per heavy atom. The van der Waals surface area contributed by atoms with Crippen LogP contribution in [0, 0.1) is 0 Å². The van der Waals surface area contributed by atoms with Gasteiger partial charge in [-0.15, -0.1) is 0 Å². The second-order valence-electron chi connectivity index (χ2n) is 5.29. The summed E-state index contributed by atoms with van der Waals surface area (Å²) in [5.74, 6) is 1.89. The van der Waals surface area contributed by atoms with Crippen molar-refractivity contribution in [2.24, 2.45) is 0 Å². The van der Waals surface area contributed by atoms with Crippen LogP contribution in [0.2, 0.25) is 5.02 Å². The van der Waals surface area contributed by atoms with Gasteiger partial charge in [-0.25, -0.2) is 9.97 Å². The van der Waals surface area contributed by atoms with E-state index in [1.54, 1.807) is 16.7 Å². The lowest BCUT2D eigenvalue weighted by molar-refractivity contribution is -0.117. The summed E-state index contributed by atoms with van der Waals surface area (Å²) in [6.07, 6.45) is 1.26. The maximum Gasteiger partial charge on any atom is 0.233 e. The molecule has 7 heteroatoms. The van der Waals surface area contributed by atoms with Crippen LogP contribution in [0.25, 0.3) is 0 Å². The number of nitrogens with two attached hydrogens (primary N) is 1. The summed E-state index contributed by atoms with van der Waals surface area (Å²) in [6, 6.07) is 7.49. The number of fused-ring (bicyclic) bond motifs is 1. The van der Waals surface area contributed by atoms with E-state index in [-0.39, 0.29) is 12.3 Å². The quantitative estimate of drug-likeness (QED) is 0.663. The topological polar surface area (TPSA) is 72.1 Å². The van der Waals surface area contributed by atoms with Crippen molar-refractivity contribution in [3.8, 4) is 0 Å². The van der Waals surface area contributed by atoms with Crippen LogP contribution in [0.15, 0.2) is 29.4 Å². The van der Waals surface area contributed by atoms with E-state index in [1.807, 2.05) is 24.3 Å². The Bertz CT molecular complexity index is 753. The molecule has 0 saturated carbocycles. The molecule has 0 atom stereocenters. The molecule has 23 heavy (non-hydrogen) atoms. The largest absolute Gasteiger partial charge is 0.383 e. The Kier molecular flexibility index (Phi) is 4.73. The number of amides is 1. The number of anilines is 2. The number of carbonyl (C=O) groups excluding carboxylic acids is 1. The van der Waals surface area contributed by atoms with Crippen molar-refractivity contribution in [3.05, 3.63) is 40.4 Å². The number of benzene rings is 1. The SMILES string of the molecule is CCCSc1nc(N)c2c(n1)N(Cc1ccccc1Cl)C(=O)C2. The van der Waals surface area contributed by atoms with Gasteiger partial charge >= 0.3 is 0 Å². The highest BCUT2D eigenvalue weighted by Crippen LogP contribution is 2.34. The molecule has 0 bridgehead atoms. The number of rotatable bonds is 5. The highest BCUT2D eigenvalue weighted by molar-refractivity contribution is 7.99. The summed E-state index contributed by atoms with van der Waals surface area (Å²) < 4.78 is 0. The third kappa shape index (κ3) is 3.28. The van der Waals surface area contributed by atoms with Crippen LogP contribution < -0.4 is 10.6 Å². The fourth-order valence-electron chi connectivity index (χ4n) is 2.44. The monoisotopic (exact) mass is 348 g/mol. The Hall–Kier alpha value is -1.79. The molecule has 0 saturated heterocycles. The zero-order valence-corrected chi connectivity index (χ0v) is 14.3. The van der Waals surface area contributed by atoms with Gasteiger partial charge in [-0.05, 0) is 18.1 Å². The molecule has 1 aliphatic heterocycles. The molecule has 1 aliphatic rings. The van der Waals surface area contributed by atoms with Gasteiger partial charge in [0.2, 0.25) is 5.91 Å². The van der Waals surface area contributed by atoms with E-state index in [2.05, 4.69) is 16.9 Å². The summed E-state index contributed by atoms with van der Waals surface area (Å²) in [5, 5.41) is 1.25. The molecule has 0 radical (unpaired) electrons. The van der Waals surface area contributed by atoms with E-state index in [9.17, 15) is 4.79 Å². The lowest BCUT2D eigenvalue weighted by Gasteiger charge is -2.18. The first-order valence-electron chi connectivity index (χ1n) is 7.43. The van der Waals surface area contributed by atoms with Gasteiger partial charge in [-0.3, -0.25) is 9.69 Å².